The third-order valence-electron chi connectivity index (χ3n) is 4.67. The molecule has 0 saturated carbocycles. The van der Waals surface area contributed by atoms with E-state index in [1.165, 1.54) is 11.8 Å². The van der Waals surface area contributed by atoms with Crippen LogP contribution in [-0.4, -0.2) is 46.2 Å². The number of rotatable bonds is 5. The highest BCUT2D eigenvalue weighted by Gasteiger charge is 2.38. The molecule has 1 aliphatic rings. The SMILES string of the molecule is COC(=O)C1=C(C(=O)c2ccc(Br)cc2)[C@@H](c2cccc(OC)c2)n2nnnc2N1. The second-order valence-electron chi connectivity index (χ2n) is 6.37. The largest absolute Gasteiger partial charge is 0.497 e. The number of allylic oxidation sites excluding steroid dienone is 1. The summed E-state index contributed by atoms with van der Waals surface area (Å²) in [5.74, 6) is -0.242. The molecular formula is C20H16BrN5O4. The Hall–Kier alpha value is -3.53. The van der Waals surface area contributed by atoms with E-state index in [4.69, 9.17) is 9.47 Å². The highest BCUT2D eigenvalue weighted by atomic mass is 79.9. The summed E-state index contributed by atoms with van der Waals surface area (Å²) < 4.78 is 12.5. The minimum atomic E-state index is -0.767. The molecule has 1 aliphatic heterocycles. The smallest absolute Gasteiger partial charge is 0.355 e. The van der Waals surface area contributed by atoms with E-state index >= 15 is 0 Å². The normalized spacial score (nSPS) is 15.2. The Morgan fingerprint density at radius 3 is 2.60 bits per heavy atom. The van der Waals surface area contributed by atoms with Crippen molar-refractivity contribution in [2.45, 2.75) is 6.04 Å². The van der Waals surface area contributed by atoms with Crippen LogP contribution in [0.1, 0.15) is 22.0 Å². The fourth-order valence-electron chi connectivity index (χ4n) is 3.26. The van der Waals surface area contributed by atoms with Crippen LogP contribution in [0, 0.1) is 0 Å². The first-order chi connectivity index (χ1) is 14.5. The number of halogens is 1. The van der Waals surface area contributed by atoms with E-state index in [1.54, 1.807) is 49.6 Å². The molecule has 0 spiro atoms. The molecule has 0 saturated heterocycles. The van der Waals surface area contributed by atoms with Crippen LogP contribution < -0.4 is 10.1 Å². The average molecular weight is 470 g/mol. The number of nitrogens with zero attached hydrogens (tertiary/aromatic N) is 4. The van der Waals surface area contributed by atoms with Crippen molar-refractivity contribution in [3.05, 3.63) is 75.4 Å². The second kappa shape index (κ2) is 8.07. The van der Waals surface area contributed by atoms with Gasteiger partial charge in [-0.05, 0) is 52.4 Å². The molecule has 1 N–H and O–H groups in total. The van der Waals surface area contributed by atoms with Crippen LogP contribution in [0.2, 0.25) is 0 Å². The van der Waals surface area contributed by atoms with Gasteiger partial charge in [0.25, 0.3) is 0 Å². The monoisotopic (exact) mass is 469 g/mol. The Morgan fingerprint density at radius 2 is 1.90 bits per heavy atom. The minimum Gasteiger partial charge on any atom is -0.497 e. The number of nitrogens with one attached hydrogen (secondary N) is 1. The third-order valence-corrected chi connectivity index (χ3v) is 5.20. The van der Waals surface area contributed by atoms with Crippen LogP contribution in [-0.2, 0) is 9.53 Å². The van der Waals surface area contributed by atoms with E-state index in [0.29, 0.717) is 16.9 Å². The number of ketones is 1. The maximum Gasteiger partial charge on any atom is 0.355 e. The molecule has 0 radical (unpaired) electrons. The predicted octanol–water partition coefficient (Wildman–Crippen LogP) is 2.77. The van der Waals surface area contributed by atoms with Gasteiger partial charge in [-0.25, -0.2) is 4.79 Å². The zero-order chi connectivity index (χ0) is 21.3. The Bertz CT molecular complexity index is 1160. The molecule has 152 valence electrons. The molecule has 2 aromatic carbocycles. The summed E-state index contributed by atoms with van der Waals surface area (Å²) in [6.07, 6.45) is 0. The first-order valence-electron chi connectivity index (χ1n) is 8.85. The highest BCUT2D eigenvalue weighted by Crippen LogP contribution is 2.37. The van der Waals surface area contributed by atoms with Gasteiger partial charge in [0, 0.05) is 10.0 Å². The summed E-state index contributed by atoms with van der Waals surface area (Å²) >= 11 is 3.36. The van der Waals surface area contributed by atoms with E-state index in [0.717, 1.165) is 4.47 Å². The fourth-order valence-corrected chi connectivity index (χ4v) is 3.53. The molecule has 3 aromatic rings. The van der Waals surface area contributed by atoms with Gasteiger partial charge in [-0.15, -0.1) is 0 Å². The second-order valence-corrected chi connectivity index (χ2v) is 7.28. The number of fused-ring (bicyclic) bond motifs is 1. The lowest BCUT2D eigenvalue weighted by Crippen LogP contribution is -2.33. The molecular weight excluding hydrogens is 454 g/mol. The average Bonchev–Trinajstić information content (AvgIpc) is 3.25. The van der Waals surface area contributed by atoms with Crippen molar-refractivity contribution in [2.24, 2.45) is 0 Å². The lowest BCUT2D eigenvalue weighted by atomic mass is 9.89. The van der Waals surface area contributed by atoms with Crippen LogP contribution in [0.15, 0.2) is 64.3 Å². The fraction of sp³-hybridized carbons (Fsp3) is 0.150. The topological polar surface area (TPSA) is 108 Å². The van der Waals surface area contributed by atoms with Gasteiger partial charge in [0.15, 0.2) is 5.78 Å². The molecule has 0 aliphatic carbocycles. The lowest BCUT2D eigenvalue weighted by molar-refractivity contribution is -0.136. The maximum atomic E-state index is 13.6. The molecule has 0 amide bonds. The highest BCUT2D eigenvalue weighted by molar-refractivity contribution is 9.10. The first kappa shape index (κ1) is 19.8. The Labute approximate surface area is 179 Å². The van der Waals surface area contributed by atoms with Crippen molar-refractivity contribution in [3.8, 4) is 5.75 Å². The number of anilines is 1. The van der Waals surface area contributed by atoms with Crippen LogP contribution in [0.5, 0.6) is 5.75 Å². The quantitative estimate of drug-likeness (QED) is 0.448. The van der Waals surface area contributed by atoms with Crippen molar-refractivity contribution in [1.29, 1.82) is 0 Å². The molecule has 9 nitrogen and oxygen atoms in total. The minimum absolute atomic E-state index is 0.0134. The molecule has 4 rings (SSSR count). The Balaban J connectivity index is 1.95. The van der Waals surface area contributed by atoms with Gasteiger partial charge in [0.05, 0.1) is 19.8 Å². The van der Waals surface area contributed by atoms with Gasteiger partial charge in [-0.3, -0.25) is 4.79 Å². The van der Waals surface area contributed by atoms with Gasteiger partial charge < -0.3 is 14.8 Å². The molecule has 0 fully saturated rings. The van der Waals surface area contributed by atoms with Crippen molar-refractivity contribution in [3.63, 3.8) is 0 Å². The van der Waals surface area contributed by atoms with E-state index in [9.17, 15) is 9.59 Å². The molecule has 0 bridgehead atoms. The standard InChI is InChI=1S/C20H16BrN5O4/c1-29-14-5-3-4-12(10-14)17-15(18(27)11-6-8-13(21)9-7-11)16(19(28)30-2)22-20-23-24-25-26(17)20/h3-10,17H,1-2H3,(H,22,23,25)/t17-/m1/s1. The summed E-state index contributed by atoms with van der Waals surface area (Å²) in [5, 5.41) is 14.5. The Kier molecular flexibility index (Phi) is 5.32. The maximum absolute atomic E-state index is 13.6. The van der Waals surface area contributed by atoms with E-state index in [1.807, 2.05) is 6.07 Å². The number of Topliss-reactive ketones (excluding diaryl/α,β-unsaturated/α-hetero) is 1. The number of tetrazole rings is 1. The van der Waals surface area contributed by atoms with Gasteiger partial charge >= 0.3 is 5.97 Å². The number of ether oxygens (including phenoxy) is 2. The summed E-state index contributed by atoms with van der Waals surface area (Å²) in [6, 6.07) is 13.2. The summed E-state index contributed by atoms with van der Waals surface area (Å²) in [6.45, 7) is 0. The van der Waals surface area contributed by atoms with Crippen LogP contribution in [0.4, 0.5) is 5.95 Å². The number of methoxy groups -OCH3 is 2. The summed E-state index contributed by atoms with van der Waals surface area (Å²) in [5.41, 5.74) is 1.23. The number of carbonyl (C=O) groups is 2. The van der Waals surface area contributed by atoms with Gasteiger partial charge in [0.2, 0.25) is 5.95 Å². The number of aromatic nitrogens is 4. The van der Waals surface area contributed by atoms with Gasteiger partial charge in [-0.1, -0.05) is 33.2 Å². The summed E-state index contributed by atoms with van der Waals surface area (Å²) in [4.78, 5) is 26.2. The number of esters is 1. The first-order valence-corrected chi connectivity index (χ1v) is 9.64. The zero-order valence-corrected chi connectivity index (χ0v) is 17.6. The Morgan fingerprint density at radius 1 is 1.13 bits per heavy atom. The number of hydrogen-bond acceptors (Lipinski definition) is 8. The van der Waals surface area contributed by atoms with Crippen molar-refractivity contribution < 1.29 is 19.1 Å². The van der Waals surface area contributed by atoms with Crippen LogP contribution in [0.25, 0.3) is 0 Å². The third kappa shape index (κ3) is 3.45. The predicted molar refractivity (Wildman–Crippen MR) is 110 cm³/mol. The number of carbonyl (C=O) groups excluding carboxylic acids is 2. The molecule has 10 heteroatoms. The van der Waals surface area contributed by atoms with Crippen LogP contribution >= 0.6 is 15.9 Å². The number of hydrogen-bond donors (Lipinski definition) is 1. The van der Waals surface area contributed by atoms with Crippen LogP contribution in [0.3, 0.4) is 0 Å². The molecule has 2 heterocycles. The lowest BCUT2D eigenvalue weighted by Gasteiger charge is -2.28. The van der Waals surface area contributed by atoms with E-state index in [-0.39, 0.29) is 23.0 Å². The zero-order valence-electron chi connectivity index (χ0n) is 16.0. The molecule has 1 aromatic heterocycles. The van der Waals surface area contributed by atoms with Gasteiger partial charge in [0.1, 0.15) is 17.5 Å². The molecule has 30 heavy (non-hydrogen) atoms. The van der Waals surface area contributed by atoms with Crippen molar-refractivity contribution in [1.82, 2.24) is 20.2 Å². The number of benzene rings is 2. The summed E-state index contributed by atoms with van der Waals surface area (Å²) in [7, 11) is 2.80. The van der Waals surface area contributed by atoms with E-state index in [2.05, 4.69) is 36.8 Å². The van der Waals surface area contributed by atoms with E-state index < -0.39 is 12.0 Å². The molecule has 0 unspecified atom stereocenters. The van der Waals surface area contributed by atoms with Crippen molar-refractivity contribution >= 4 is 33.6 Å². The molecule has 1 atom stereocenters. The van der Waals surface area contributed by atoms with Gasteiger partial charge in [-0.2, -0.15) is 4.68 Å². The van der Waals surface area contributed by atoms with Crippen molar-refractivity contribution in [2.75, 3.05) is 19.5 Å².